The van der Waals surface area contributed by atoms with Crippen LogP contribution in [0.15, 0.2) is 44.5 Å². The van der Waals surface area contributed by atoms with Gasteiger partial charge in [0.25, 0.3) is 0 Å². The number of ketones is 1. The molecule has 1 atom stereocenters. The fourth-order valence-electron chi connectivity index (χ4n) is 3.19. The Kier molecular flexibility index (Phi) is 3.63. The van der Waals surface area contributed by atoms with E-state index in [2.05, 4.69) is 21.2 Å². The van der Waals surface area contributed by atoms with Crippen molar-refractivity contribution in [3.05, 3.63) is 55.9 Å². The van der Waals surface area contributed by atoms with Gasteiger partial charge in [0.1, 0.15) is 12.4 Å². The molecule has 0 aliphatic carbocycles. The Hall–Kier alpha value is -1.11. The zero-order valence-electron chi connectivity index (χ0n) is 11.6. The monoisotopic (exact) mass is 381 g/mol. The molecule has 0 radical (unpaired) electrons. The lowest BCUT2D eigenvalue weighted by molar-refractivity contribution is -0.121. The number of rotatable bonds is 1. The summed E-state index contributed by atoms with van der Waals surface area (Å²) in [5, 5.41) is 3.38. The van der Waals surface area contributed by atoms with Crippen molar-refractivity contribution in [2.24, 2.45) is 0 Å². The molecule has 3 aliphatic heterocycles. The summed E-state index contributed by atoms with van der Waals surface area (Å²) in [5.41, 5.74) is 3.76. The Morgan fingerprint density at radius 2 is 2.18 bits per heavy atom. The molecule has 1 N–H and O–H groups in total. The summed E-state index contributed by atoms with van der Waals surface area (Å²) in [6.07, 6.45) is 0.962. The van der Waals surface area contributed by atoms with E-state index in [4.69, 9.17) is 4.74 Å². The molecule has 4 rings (SSSR count). The molecule has 1 aromatic carbocycles. The highest BCUT2D eigenvalue weighted by Gasteiger charge is 2.38. The largest absolute Gasteiger partial charge is 0.367 e. The second-order valence-corrected chi connectivity index (χ2v) is 7.47. The van der Waals surface area contributed by atoms with Crippen molar-refractivity contribution < 1.29 is 13.9 Å². The number of nitrogens with one attached hydrogen (secondary N) is 1. The number of hydrogen-bond acceptors (Lipinski definition) is 4. The Labute approximate surface area is 140 Å². The lowest BCUT2D eigenvalue weighted by atomic mass is 9.83. The molecule has 1 unspecified atom stereocenters. The maximum atomic E-state index is 13.6. The molecule has 0 amide bonds. The Bertz CT molecular complexity index is 744. The van der Waals surface area contributed by atoms with Gasteiger partial charge in [-0.2, -0.15) is 0 Å². The van der Waals surface area contributed by atoms with Crippen molar-refractivity contribution in [2.75, 3.05) is 19.0 Å². The number of halogens is 2. The van der Waals surface area contributed by atoms with Crippen LogP contribution in [-0.4, -0.2) is 24.7 Å². The number of benzene rings is 1. The van der Waals surface area contributed by atoms with Crippen LogP contribution in [0.5, 0.6) is 0 Å². The molecule has 114 valence electrons. The summed E-state index contributed by atoms with van der Waals surface area (Å²) < 4.78 is 19.4. The summed E-state index contributed by atoms with van der Waals surface area (Å²) in [7, 11) is 0. The maximum absolute atomic E-state index is 13.6. The van der Waals surface area contributed by atoms with E-state index in [1.165, 1.54) is 16.7 Å². The van der Waals surface area contributed by atoms with Crippen molar-refractivity contribution in [1.29, 1.82) is 0 Å². The van der Waals surface area contributed by atoms with E-state index in [9.17, 15) is 9.18 Å². The van der Waals surface area contributed by atoms with Crippen LogP contribution in [0.4, 0.5) is 4.39 Å². The number of carbonyl (C=O) groups excluding carboxylic acids is 1. The highest BCUT2D eigenvalue weighted by atomic mass is 79.9. The first-order chi connectivity index (χ1) is 10.6. The smallest absolute Gasteiger partial charge is 0.187 e. The number of carbonyl (C=O) groups is 1. The van der Waals surface area contributed by atoms with Gasteiger partial charge in [0.15, 0.2) is 5.78 Å². The Balaban J connectivity index is 1.87. The van der Waals surface area contributed by atoms with Gasteiger partial charge >= 0.3 is 0 Å². The minimum Gasteiger partial charge on any atom is -0.367 e. The van der Waals surface area contributed by atoms with Crippen LogP contribution in [0.3, 0.4) is 0 Å². The summed E-state index contributed by atoms with van der Waals surface area (Å²) >= 11 is 5.03. The van der Waals surface area contributed by atoms with Crippen LogP contribution >= 0.6 is 27.7 Å². The molecule has 6 heteroatoms. The van der Waals surface area contributed by atoms with Gasteiger partial charge in [-0.25, -0.2) is 4.39 Å². The van der Waals surface area contributed by atoms with Crippen LogP contribution in [0, 0.1) is 5.82 Å². The number of hydrogen-bond donors (Lipinski definition) is 1. The molecule has 22 heavy (non-hydrogen) atoms. The number of Topliss-reactive ketones (excluding diaryl/α,β-unsaturated/α-hetero) is 1. The van der Waals surface area contributed by atoms with Crippen molar-refractivity contribution >= 4 is 33.5 Å². The van der Waals surface area contributed by atoms with Gasteiger partial charge in [0.05, 0.1) is 11.1 Å². The van der Waals surface area contributed by atoms with E-state index >= 15 is 0 Å². The zero-order valence-corrected chi connectivity index (χ0v) is 14.0. The summed E-state index contributed by atoms with van der Waals surface area (Å²) in [4.78, 5) is 13.6. The van der Waals surface area contributed by atoms with Gasteiger partial charge in [0, 0.05) is 33.5 Å². The molecule has 1 aromatic rings. The van der Waals surface area contributed by atoms with Crippen LogP contribution < -0.4 is 5.32 Å². The third kappa shape index (κ3) is 2.25. The van der Waals surface area contributed by atoms with Gasteiger partial charge in [-0.1, -0.05) is 6.07 Å². The van der Waals surface area contributed by atoms with E-state index in [0.717, 1.165) is 29.0 Å². The van der Waals surface area contributed by atoms with Crippen LogP contribution in [0.1, 0.15) is 17.9 Å². The van der Waals surface area contributed by atoms with Gasteiger partial charge < -0.3 is 10.1 Å². The van der Waals surface area contributed by atoms with Crippen LogP contribution in [0.25, 0.3) is 0 Å². The molecule has 3 aliphatic rings. The average molecular weight is 382 g/mol. The lowest BCUT2D eigenvalue weighted by Crippen LogP contribution is -2.35. The second-order valence-electron chi connectivity index (χ2n) is 5.48. The first-order valence-corrected chi connectivity index (χ1v) is 8.85. The highest BCUT2D eigenvalue weighted by Crippen LogP contribution is 2.49. The molecule has 0 spiro atoms. The minimum absolute atomic E-state index is 0.0123. The predicted molar refractivity (Wildman–Crippen MR) is 86.9 cm³/mol. The van der Waals surface area contributed by atoms with Gasteiger partial charge in [0.2, 0.25) is 0 Å². The van der Waals surface area contributed by atoms with E-state index in [0.29, 0.717) is 11.1 Å². The number of allylic oxidation sites excluding steroid dienone is 2. The molecule has 0 bridgehead atoms. The molecular formula is C16H13BrFNO2S. The Morgan fingerprint density at radius 3 is 3.00 bits per heavy atom. The fourth-order valence-corrected chi connectivity index (χ4v) is 4.86. The first kappa shape index (κ1) is 14.5. The molecule has 0 aromatic heterocycles. The SMILES string of the molecule is O=C1COCC2=C1C(c1ccc(F)c(Br)c1)C1=C(CCS1)N2. The topological polar surface area (TPSA) is 38.3 Å². The third-order valence-electron chi connectivity index (χ3n) is 4.14. The minimum atomic E-state index is -0.293. The van der Waals surface area contributed by atoms with Gasteiger partial charge in [-0.3, -0.25) is 4.79 Å². The Morgan fingerprint density at radius 1 is 1.32 bits per heavy atom. The van der Waals surface area contributed by atoms with E-state index < -0.39 is 0 Å². The number of thioether (sulfide) groups is 1. The summed E-state index contributed by atoms with van der Waals surface area (Å²) in [5.74, 6) is 0.621. The lowest BCUT2D eigenvalue weighted by Gasteiger charge is -2.33. The van der Waals surface area contributed by atoms with Crippen LogP contribution in [0.2, 0.25) is 0 Å². The second kappa shape index (κ2) is 5.51. The molecule has 0 saturated heterocycles. The molecule has 3 heterocycles. The summed E-state index contributed by atoms with van der Waals surface area (Å²) in [6.45, 7) is 0.550. The molecular weight excluding hydrogens is 369 g/mol. The predicted octanol–water partition coefficient (Wildman–Crippen LogP) is 3.48. The molecule has 0 saturated carbocycles. The van der Waals surface area contributed by atoms with E-state index in [-0.39, 0.29) is 24.1 Å². The maximum Gasteiger partial charge on any atom is 0.187 e. The van der Waals surface area contributed by atoms with Gasteiger partial charge in [-0.05, 0) is 40.0 Å². The quantitative estimate of drug-likeness (QED) is 0.807. The van der Waals surface area contributed by atoms with Crippen LogP contribution in [-0.2, 0) is 9.53 Å². The van der Waals surface area contributed by atoms with E-state index in [1.807, 2.05) is 0 Å². The van der Waals surface area contributed by atoms with Crippen molar-refractivity contribution in [3.8, 4) is 0 Å². The molecule has 3 nitrogen and oxygen atoms in total. The normalized spacial score (nSPS) is 24.3. The summed E-state index contributed by atoms with van der Waals surface area (Å²) in [6, 6.07) is 5.00. The first-order valence-electron chi connectivity index (χ1n) is 7.07. The standard InChI is InChI=1S/C16H13BrFNO2S/c17-9-5-8(1-2-10(9)18)14-15-12(6-21-7-13(15)20)19-11-3-4-22-16(11)14/h1-2,5,14,19H,3-4,6-7H2. The number of dihydropyridines is 1. The average Bonchev–Trinajstić information content (AvgIpc) is 2.96. The van der Waals surface area contributed by atoms with E-state index in [1.54, 1.807) is 23.9 Å². The third-order valence-corrected chi connectivity index (χ3v) is 5.95. The highest BCUT2D eigenvalue weighted by molar-refractivity contribution is 9.10. The van der Waals surface area contributed by atoms with Crippen molar-refractivity contribution in [2.45, 2.75) is 12.3 Å². The zero-order chi connectivity index (χ0) is 15.3. The van der Waals surface area contributed by atoms with Gasteiger partial charge in [-0.15, -0.1) is 11.8 Å². The fraction of sp³-hybridized carbons (Fsp3) is 0.312. The molecule has 0 fully saturated rings. The van der Waals surface area contributed by atoms with Crippen molar-refractivity contribution in [1.82, 2.24) is 5.32 Å². The number of ether oxygens (including phenoxy) is 1. The van der Waals surface area contributed by atoms with Crippen molar-refractivity contribution in [3.63, 3.8) is 0 Å².